The van der Waals surface area contributed by atoms with Gasteiger partial charge in [0.2, 0.25) is 5.91 Å². The molecule has 0 saturated carbocycles. The van der Waals surface area contributed by atoms with Gasteiger partial charge in [0.25, 0.3) is 5.91 Å². The SMILES string of the molecule is CCn1c(SCC(=O)N[C@H](C)c2ccccc2)nnc1[C@H](C)NC(=O)c1cccc(C)c1. The van der Waals surface area contributed by atoms with Gasteiger partial charge in [0.05, 0.1) is 17.8 Å². The fourth-order valence-electron chi connectivity index (χ4n) is 3.39. The van der Waals surface area contributed by atoms with Crippen molar-refractivity contribution in [3.8, 4) is 0 Å². The van der Waals surface area contributed by atoms with Crippen LogP contribution in [0.5, 0.6) is 0 Å². The van der Waals surface area contributed by atoms with Crippen LogP contribution in [0.3, 0.4) is 0 Å². The second kappa shape index (κ2) is 10.9. The molecule has 0 aliphatic carbocycles. The molecule has 0 fully saturated rings. The molecule has 3 aromatic rings. The Bertz CT molecular complexity index is 1070. The van der Waals surface area contributed by atoms with Gasteiger partial charge in [-0.15, -0.1) is 10.2 Å². The molecule has 0 bridgehead atoms. The molecule has 3 rings (SSSR count). The smallest absolute Gasteiger partial charge is 0.251 e. The average molecular weight is 452 g/mol. The van der Waals surface area contributed by atoms with Crippen molar-refractivity contribution in [2.75, 3.05) is 5.75 Å². The van der Waals surface area contributed by atoms with Gasteiger partial charge in [-0.25, -0.2) is 0 Å². The van der Waals surface area contributed by atoms with Crippen molar-refractivity contribution < 1.29 is 9.59 Å². The quantitative estimate of drug-likeness (QED) is 0.479. The van der Waals surface area contributed by atoms with Crippen molar-refractivity contribution in [1.82, 2.24) is 25.4 Å². The Morgan fingerprint density at radius 3 is 2.44 bits per heavy atom. The molecular formula is C24H29N5O2S. The lowest BCUT2D eigenvalue weighted by Crippen LogP contribution is -2.29. The molecule has 1 heterocycles. The molecule has 0 aliphatic heterocycles. The molecule has 2 aromatic carbocycles. The van der Waals surface area contributed by atoms with E-state index in [1.54, 1.807) is 6.07 Å². The van der Waals surface area contributed by atoms with Crippen molar-refractivity contribution in [2.45, 2.75) is 51.5 Å². The number of carbonyl (C=O) groups is 2. The Hall–Kier alpha value is -3.13. The fourth-order valence-corrected chi connectivity index (χ4v) is 4.21. The summed E-state index contributed by atoms with van der Waals surface area (Å²) in [5, 5.41) is 15.2. The number of hydrogen-bond acceptors (Lipinski definition) is 5. The summed E-state index contributed by atoms with van der Waals surface area (Å²) < 4.78 is 1.93. The Morgan fingerprint density at radius 2 is 1.75 bits per heavy atom. The van der Waals surface area contributed by atoms with Gasteiger partial charge < -0.3 is 15.2 Å². The first-order valence-corrected chi connectivity index (χ1v) is 11.6. The minimum absolute atomic E-state index is 0.0687. The maximum Gasteiger partial charge on any atom is 0.251 e. The van der Waals surface area contributed by atoms with Crippen molar-refractivity contribution >= 4 is 23.6 Å². The van der Waals surface area contributed by atoms with E-state index in [0.717, 1.165) is 11.1 Å². The summed E-state index contributed by atoms with van der Waals surface area (Å²) in [6.45, 7) is 8.42. The minimum Gasteiger partial charge on any atom is -0.349 e. The average Bonchev–Trinajstić information content (AvgIpc) is 3.21. The first-order chi connectivity index (χ1) is 15.4. The number of aryl methyl sites for hydroxylation is 1. The van der Waals surface area contributed by atoms with Gasteiger partial charge in [-0.1, -0.05) is 59.8 Å². The normalized spacial score (nSPS) is 12.8. The second-order valence-corrected chi connectivity index (χ2v) is 8.58. The molecule has 7 nitrogen and oxygen atoms in total. The first kappa shape index (κ1) is 23.5. The van der Waals surface area contributed by atoms with E-state index in [9.17, 15) is 9.59 Å². The van der Waals surface area contributed by atoms with E-state index in [-0.39, 0.29) is 29.7 Å². The lowest BCUT2D eigenvalue weighted by Gasteiger charge is -2.16. The number of thioether (sulfide) groups is 1. The van der Waals surface area contributed by atoms with Crippen LogP contribution in [-0.4, -0.2) is 32.3 Å². The van der Waals surface area contributed by atoms with E-state index < -0.39 is 0 Å². The fraction of sp³-hybridized carbons (Fsp3) is 0.333. The van der Waals surface area contributed by atoms with Crippen LogP contribution >= 0.6 is 11.8 Å². The Morgan fingerprint density at radius 1 is 1.00 bits per heavy atom. The Kier molecular flexibility index (Phi) is 8.05. The summed E-state index contributed by atoms with van der Waals surface area (Å²) in [6.07, 6.45) is 0. The number of benzene rings is 2. The predicted molar refractivity (Wildman–Crippen MR) is 126 cm³/mol. The van der Waals surface area contributed by atoms with Crippen LogP contribution in [0.25, 0.3) is 0 Å². The molecule has 2 atom stereocenters. The number of nitrogens with zero attached hydrogens (tertiary/aromatic N) is 3. The maximum absolute atomic E-state index is 12.6. The highest BCUT2D eigenvalue weighted by molar-refractivity contribution is 7.99. The van der Waals surface area contributed by atoms with Gasteiger partial charge in [-0.2, -0.15) is 0 Å². The summed E-state index contributed by atoms with van der Waals surface area (Å²) in [7, 11) is 0. The van der Waals surface area contributed by atoms with Crippen LogP contribution in [0.2, 0.25) is 0 Å². The van der Waals surface area contributed by atoms with E-state index in [4.69, 9.17) is 0 Å². The molecule has 0 spiro atoms. The lowest BCUT2D eigenvalue weighted by atomic mass is 10.1. The highest BCUT2D eigenvalue weighted by atomic mass is 32.2. The topological polar surface area (TPSA) is 88.9 Å². The number of carbonyl (C=O) groups excluding carboxylic acids is 2. The van der Waals surface area contributed by atoms with Crippen LogP contribution in [0.1, 0.15) is 60.2 Å². The molecule has 0 radical (unpaired) electrons. The zero-order valence-electron chi connectivity index (χ0n) is 18.8. The third-order valence-corrected chi connectivity index (χ3v) is 6.05. The molecule has 32 heavy (non-hydrogen) atoms. The number of aromatic nitrogens is 3. The van der Waals surface area contributed by atoms with Gasteiger partial charge in [-0.05, 0) is 45.4 Å². The monoisotopic (exact) mass is 451 g/mol. The van der Waals surface area contributed by atoms with E-state index in [0.29, 0.717) is 23.1 Å². The summed E-state index contributed by atoms with van der Waals surface area (Å²) in [6, 6.07) is 16.9. The molecule has 0 aliphatic rings. The molecule has 2 N–H and O–H groups in total. The van der Waals surface area contributed by atoms with Crippen LogP contribution in [0.4, 0.5) is 0 Å². The lowest BCUT2D eigenvalue weighted by molar-refractivity contribution is -0.119. The predicted octanol–water partition coefficient (Wildman–Crippen LogP) is 4.07. The standard InChI is InChI=1S/C24H29N5O2S/c1-5-29-22(18(4)26-23(31)20-13-9-10-16(2)14-20)27-28-24(29)32-15-21(30)25-17(3)19-11-7-6-8-12-19/h6-14,17-18H,5,15H2,1-4H3,(H,25,30)(H,26,31)/t17-,18+/m1/s1. The van der Waals surface area contributed by atoms with Crippen molar-refractivity contribution in [3.63, 3.8) is 0 Å². The molecule has 168 valence electrons. The third-order valence-electron chi connectivity index (χ3n) is 5.09. The minimum atomic E-state index is -0.322. The number of hydrogen-bond donors (Lipinski definition) is 2. The summed E-state index contributed by atoms with van der Waals surface area (Å²) in [4.78, 5) is 25.0. The molecule has 2 amide bonds. The summed E-state index contributed by atoms with van der Waals surface area (Å²) in [5.41, 5.74) is 2.70. The molecule has 0 saturated heterocycles. The van der Waals surface area contributed by atoms with Crippen molar-refractivity contribution in [2.24, 2.45) is 0 Å². The van der Waals surface area contributed by atoms with Crippen LogP contribution in [-0.2, 0) is 11.3 Å². The molecule has 1 aromatic heterocycles. The first-order valence-electron chi connectivity index (χ1n) is 10.7. The Balaban J connectivity index is 1.60. The van der Waals surface area contributed by atoms with Gasteiger partial charge in [0, 0.05) is 12.1 Å². The van der Waals surface area contributed by atoms with Crippen molar-refractivity contribution in [3.05, 3.63) is 77.1 Å². The van der Waals surface area contributed by atoms with Gasteiger partial charge in [0.1, 0.15) is 0 Å². The van der Waals surface area contributed by atoms with Gasteiger partial charge >= 0.3 is 0 Å². The van der Waals surface area contributed by atoms with Gasteiger partial charge in [-0.3, -0.25) is 9.59 Å². The third kappa shape index (κ3) is 5.97. The zero-order valence-corrected chi connectivity index (χ0v) is 19.6. The molecule has 0 unspecified atom stereocenters. The molecular weight excluding hydrogens is 422 g/mol. The largest absolute Gasteiger partial charge is 0.349 e. The van der Waals surface area contributed by atoms with Crippen LogP contribution < -0.4 is 10.6 Å². The zero-order chi connectivity index (χ0) is 23.1. The highest BCUT2D eigenvalue weighted by Crippen LogP contribution is 2.21. The number of rotatable bonds is 9. The number of nitrogens with one attached hydrogen (secondary N) is 2. The summed E-state index contributed by atoms with van der Waals surface area (Å²) in [5.74, 6) is 0.669. The number of amides is 2. The summed E-state index contributed by atoms with van der Waals surface area (Å²) >= 11 is 1.34. The molecule has 8 heteroatoms. The van der Waals surface area contributed by atoms with Crippen LogP contribution in [0.15, 0.2) is 59.8 Å². The van der Waals surface area contributed by atoms with E-state index in [2.05, 4.69) is 20.8 Å². The maximum atomic E-state index is 12.6. The van der Waals surface area contributed by atoms with E-state index >= 15 is 0 Å². The van der Waals surface area contributed by atoms with E-state index in [1.165, 1.54) is 11.8 Å². The van der Waals surface area contributed by atoms with Crippen LogP contribution in [0, 0.1) is 6.92 Å². The Labute approximate surface area is 193 Å². The van der Waals surface area contributed by atoms with E-state index in [1.807, 2.05) is 80.8 Å². The van der Waals surface area contributed by atoms with Crippen molar-refractivity contribution in [1.29, 1.82) is 0 Å². The van der Waals surface area contributed by atoms with Gasteiger partial charge in [0.15, 0.2) is 11.0 Å². The second-order valence-electron chi connectivity index (χ2n) is 7.64. The highest BCUT2D eigenvalue weighted by Gasteiger charge is 2.20.